The highest BCUT2D eigenvalue weighted by Crippen LogP contribution is 2.24. The number of nitrogens with zero attached hydrogens (tertiary/aromatic N) is 3. The zero-order chi connectivity index (χ0) is 15.6. The fourth-order valence-corrected chi connectivity index (χ4v) is 3.66. The molecule has 2 aromatic rings. The molecule has 0 N–H and O–H groups in total. The Balaban J connectivity index is 1.33. The maximum atomic E-state index is 12.0. The molecule has 2 fully saturated rings. The van der Waals surface area contributed by atoms with Gasteiger partial charge in [-0.1, -0.05) is 30.3 Å². The van der Waals surface area contributed by atoms with Crippen molar-refractivity contribution in [3.8, 4) is 10.6 Å². The summed E-state index contributed by atoms with van der Waals surface area (Å²) < 4.78 is 5.08. The Hall–Kier alpha value is -1.76. The van der Waals surface area contributed by atoms with Crippen molar-refractivity contribution in [3.63, 3.8) is 0 Å². The van der Waals surface area contributed by atoms with Gasteiger partial charge in [0.2, 0.25) is 0 Å². The van der Waals surface area contributed by atoms with E-state index in [-0.39, 0.29) is 12.0 Å². The molecule has 1 aromatic carbocycles. The predicted octanol–water partition coefficient (Wildman–Crippen LogP) is 1.85. The lowest BCUT2D eigenvalue weighted by atomic mass is 10.2. The number of hydrogen-bond donors (Lipinski definition) is 0. The van der Waals surface area contributed by atoms with Crippen LogP contribution in [0.4, 0.5) is 0 Å². The van der Waals surface area contributed by atoms with Gasteiger partial charge in [-0.3, -0.25) is 9.69 Å². The van der Waals surface area contributed by atoms with Gasteiger partial charge in [0.05, 0.1) is 12.3 Å². The topological polar surface area (TPSA) is 49.0 Å². The lowest BCUT2D eigenvalue weighted by Gasteiger charge is -2.34. The molecule has 2 aliphatic heterocycles. The highest BCUT2D eigenvalue weighted by Gasteiger charge is 2.36. The molecule has 0 spiro atoms. The molecule has 2 saturated heterocycles. The number of epoxide rings is 1. The number of hydrogen-bond acceptors (Lipinski definition) is 5. The summed E-state index contributed by atoms with van der Waals surface area (Å²) >= 11 is 1.69. The van der Waals surface area contributed by atoms with Crippen molar-refractivity contribution in [2.75, 3.05) is 32.8 Å². The third-order valence-corrected chi connectivity index (χ3v) is 5.19. The lowest BCUT2D eigenvalue weighted by Crippen LogP contribution is -2.49. The number of thiazole rings is 1. The van der Waals surface area contributed by atoms with E-state index in [4.69, 9.17) is 9.72 Å². The Morgan fingerprint density at radius 3 is 2.65 bits per heavy atom. The fourth-order valence-electron chi connectivity index (χ4n) is 2.84. The summed E-state index contributed by atoms with van der Waals surface area (Å²) in [5, 5.41) is 3.21. The number of amides is 1. The first kappa shape index (κ1) is 14.8. The van der Waals surface area contributed by atoms with Crippen molar-refractivity contribution in [1.29, 1.82) is 0 Å². The summed E-state index contributed by atoms with van der Waals surface area (Å²) in [5.41, 5.74) is 2.28. The van der Waals surface area contributed by atoms with E-state index in [1.165, 1.54) is 5.56 Å². The van der Waals surface area contributed by atoms with Crippen molar-refractivity contribution >= 4 is 17.2 Å². The third-order valence-electron chi connectivity index (χ3n) is 4.25. The normalized spacial score (nSPS) is 21.4. The minimum absolute atomic E-state index is 0.157. The quantitative estimate of drug-likeness (QED) is 0.803. The largest absolute Gasteiger partial charge is 0.363 e. The highest BCUT2D eigenvalue weighted by molar-refractivity contribution is 7.13. The second-order valence-electron chi connectivity index (χ2n) is 5.93. The van der Waals surface area contributed by atoms with Crippen LogP contribution in [0, 0.1) is 0 Å². The standard InChI is InChI=1S/C17H19N3O2S/c21-17(15-11-22-15)20-8-6-19(7-9-20)10-14-12-23-16(18-14)13-4-2-1-3-5-13/h1-5,12,15H,6-11H2. The van der Waals surface area contributed by atoms with Crippen LogP contribution in [0.2, 0.25) is 0 Å². The van der Waals surface area contributed by atoms with Crippen molar-refractivity contribution < 1.29 is 9.53 Å². The molecule has 23 heavy (non-hydrogen) atoms. The summed E-state index contributed by atoms with van der Waals surface area (Å²) in [6.07, 6.45) is -0.159. The monoisotopic (exact) mass is 329 g/mol. The number of rotatable bonds is 4. The van der Waals surface area contributed by atoms with Gasteiger partial charge >= 0.3 is 0 Å². The first-order valence-electron chi connectivity index (χ1n) is 7.92. The Labute approximate surface area is 139 Å². The minimum atomic E-state index is -0.159. The number of benzene rings is 1. The summed E-state index contributed by atoms with van der Waals surface area (Å²) in [6, 6.07) is 10.3. The molecule has 2 aliphatic rings. The van der Waals surface area contributed by atoms with Gasteiger partial charge in [-0.05, 0) is 0 Å². The number of aromatic nitrogens is 1. The molecule has 120 valence electrons. The summed E-state index contributed by atoms with van der Waals surface area (Å²) in [6.45, 7) is 4.82. The van der Waals surface area contributed by atoms with E-state index in [1.54, 1.807) is 11.3 Å². The lowest BCUT2D eigenvalue weighted by molar-refractivity contribution is -0.134. The van der Waals surface area contributed by atoms with Gasteiger partial charge in [-0.25, -0.2) is 4.98 Å². The molecule has 3 heterocycles. The third kappa shape index (κ3) is 3.44. The average Bonchev–Trinajstić information content (AvgIpc) is 3.35. The number of carbonyl (C=O) groups excluding carboxylic acids is 1. The number of ether oxygens (including phenoxy) is 1. The molecule has 4 rings (SSSR count). The Bertz CT molecular complexity index is 676. The Kier molecular flexibility index (Phi) is 4.11. The smallest absolute Gasteiger partial charge is 0.254 e. The van der Waals surface area contributed by atoms with E-state index < -0.39 is 0 Å². The van der Waals surface area contributed by atoms with Crippen LogP contribution in [0.5, 0.6) is 0 Å². The van der Waals surface area contributed by atoms with Gasteiger partial charge in [0.15, 0.2) is 6.10 Å². The SMILES string of the molecule is O=C(C1CO1)N1CCN(Cc2csc(-c3ccccc3)n2)CC1. The van der Waals surface area contributed by atoms with Crippen LogP contribution in [0.15, 0.2) is 35.7 Å². The molecule has 1 amide bonds. The Morgan fingerprint density at radius 1 is 1.22 bits per heavy atom. The first-order valence-corrected chi connectivity index (χ1v) is 8.80. The summed E-state index contributed by atoms with van der Waals surface area (Å²) in [7, 11) is 0. The molecule has 0 saturated carbocycles. The van der Waals surface area contributed by atoms with Gasteiger partial charge in [-0.15, -0.1) is 11.3 Å². The number of carbonyl (C=O) groups is 1. The van der Waals surface area contributed by atoms with Crippen molar-refractivity contribution in [1.82, 2.24) is 14.8 Å². The van der Waals surface area contributed by atoms with Gasteiger partial charge < -0.3 is 9.64 Å². The van der Waals surface area contributed by atoms with Crippen molar-refractivity contribution in [3.05, 3.63) is 41.4 Å². The van der Waals surface area contributed by atoms with Crippen molar-refractivity contribution in [2.24, 2.45) is 0 Å². The van der Waals surface area contributed by atoms with Crippen LogP contribution < -0.4 is 0 Å². The molecule has 1 atom stereocenters. The van der Waals surface area contributed by atoms with E-state index in [0.29, 0.717) is 6.61 Å². The van der Waals surface area contributed by atoms with Crippen molar-refractivity contribution in [2.45, 2.75) is 12.6 Å². The van der Waals surface area contributed by atoms with Gasteiger partial charge in [0.1, 0.15) is 5.01 Å². The maximum Gasteiger partial charge on any atom is 0.254 e. The number of piperazine rings is 1. The van der Waals surface area contributed by atoms with Gasteiger partial charge in [-0.2, -0.15) is 0 Å². The molecule has 0 bridgehead atoms. The van der Waals surface area contributed by atoms with Crippen LogP contribution in [0.3, 0.4) is 0 Å². The highest BCUT2D eigenvalue weighted by atomic mass is 32.1. The first-order chi connectivity index (χ1) is 11.3. The fraction of sp³-hybridized carbons (Fsp3) is 0.412. The average molecular weight is 329 g/mol. The molecule has 1 unspecified atom stereocenters. The van der Waals surface area contributed by atoms with Crippen LogP contribution in [-0.2, 0) is 16.1 Å². The Morgan fingerprint density at radius 2 is 1.96 bits per heavy atom. The van der Waals surface area contributed by atoms with E-state index in [2.05, 4.69) is 22.4 Å². The van der Waals surface area contributed by atoms with E-state index in [1.807, 2.05) is 23.1 Å². The molecule has 1 aromatic heterocycles. The minimum Gasteiger partial charge on any atom is -0.363 e. The predicted molar refractivity (Wildman–Crippen MR) is 89.1 cm³/mol. The van der Waals surface area contributed by atoms with Crippen LogP contribution in [0.25, 0.3) is 10.6 Å². The zero-order valence-corrected chi connectivity index (χ0v) is 13.7. The molecule has 0 radical (unpaired) electrons. The second kappa shape index (κ2) is 6.39. The van der Waals surface area contributed by atoms with E-state index >= 15 is 0 Å². The van der Waals surface area contributed by atoms with Gasteiger partial charge in [0, 0.05) is 43.7 Å². The van der Waals surface area contributed by atoms with E-state index in [9.17, 15) is 4.79 Å². The molecule has 6 heteroatoms. The molecular formula is C17H19N3O2S. The second-order valence-corrected chi connectivity index (χ2v) is 6.79. The zero-order valence-electron chi connectivity index (χ0n) is 12.9. The summed E-state index contributed by atoms with van der Waals surface area (Å²) in [5.74, 6) is 0.157. The van der Waals surface area contributed by atoms with Crippen LogP contribution in [0.1, 0.15) is 5.69 Å². The summed E-state index contributed by atoms with van der Waals surface area (Å²) in [4.78, 5) is 21.0. The molecule has 0 aliphatic carbocycles. The maximum absolute atomic E-state index is 12.0. The van der Waals surface area contributed by atoms with E-state index in [0.717, 1.165) is 43.4 Å². The van der Waals surface area contributed by atoms with Crippen LogP contribution in [-0.4, -0.2) is 59.6 Å². The molecule has 5 nitrogen and oxygen atoms in total. The van der Waals surface area contributed by atoms with Crippen LogP contribution >= 0.6 is 11.3 Å². The molecular weight excluding hydrogens is 310 g/mol. The van der Waals surface area contributed by atoms with Gasteiger partial charge in [0.25, 0.3) is 5.91 Å².